The highest BCUT2D eigenvalue weighted by Gasteiger charge is 2.29. The van der Waals surface area contributed by atoms with Crippen molar-refractivity contribution in [3.8, 4) is 0 Å². The highest BCUT2D eigenvalue weighted by atomic mass is 16.4. The van der Waals surface area contributed by atoms with Gasteiger partial charge in [0.15, 0.2) is 0 Å². The van der Waals surface area contributed by atoms with E-state index in [1.807, 2.05) is 24.0 Å². The van der Waals surface area contributed by atoms with E-state index >= 15 is 0 Å². The highest BCUT2D eigenvalue weighted by Crippen LogP contribution is 2.38. The van der Waals surface area contributed by atoms with E-state index in [0.29, 0.717) is 24.4 Å². The van der Waals surface area contributed by atoms with Crippen molar-refractivity contribution in [1.82, 2.24) is 25.3 Å². The molecule has 19 heavy (non-hydrogen) atoms. The molecule has 6 nitrogen and oxygen atoms in total. The van der Waals surface area contributed by atoms with Crippen LogP contribution < -0.4 is 5.32 Å². The lowest BCUT2D eigenvalue weighted by Gasteiger charge is -2.12. The molecule has 0 aliphatic heterocycles. The lowest BCUT2D eigenvalue weighted by Crippen LogP contribution is -2.30. The Kier molecular flexibility index (Phi) is 3.33. The topological polar surface area (TPSA) is 68.8 Å². The number of aryl methyl sites for hydroxylation is 1. The average Bonchev–Trinajstić information content (AvgIpc) is 2.99. The minimum atomic E-state index is 0.301. The molecular formula is C13H19N5O. The van der Waals surface area contributed by atoms with E-state index in [1.54, 1.807) is 0 Å². The Labute approximate surface area is 112 Å². The fraction of sp³-hybridized carbons (Fsp3) is 0.615. The van der Waals surface area contributed by atoms with Crippen LogP contribution in [0.1, 0.15) is 43.0 Å². The van der Waals surface area contributed by atoms with Crippen molar-refractivity contribution < 1.29 is 4.42 Å². The fourth-order valence-electron chi connectivity index (χ4n) is 2.01. The van der Waals surface area contributed by atoms with Gasteiger partial charge >= 0.3 is 0 Å². The predicted octanol–water partition coefficient (Wildman–Crippen LogP) is 1.63. The van der Waals surface area contributed by atoms with Gasteiger partial charge in [-0.25, -0.2) is 0 Å². The molecule has 0 aromatic carbocycles. The summed E-state index contributed by atoms with van der Waals surface area (Å²) in [5, 5.41) is 15.8. The van der Waals surface area contributed by atoms with Crippen LogP contribution >= 0.6 is 0 Å². The Morgan fingerprint density at radius 1 is 1.47 bits per heavy atom. The van der Waals surface area contributed by atoms with Crippen LogP contribution in [-0.2, 0) is 13.1 Å². The van der Waals surface area contributed by atoms with Gasteiger partial charge < -0.3 is 9.73 Å². The number of nitrogens with zero attached hydrogens (tertiary/aromatic N) is 4. The largest absolute Gasteiger partial charge is 0.424 e. The highest BCUT2D eigenvalue weighted by molar-refractivity contribution is 5.00. The molecule has 0 radical (unpaired) electrons. The summed E-state index contributed by atoms with van der Waals surface area (Å²) in [5.41, 5.74) is 1.18. The second kappa shape index (κ2) is 5.13. The van der Waals surface area contributed by atoms with Crippen LogP contribution in [-0.4, -0.2) is 26.0 Å². The van der Waals surface area contributed by atoms with Crippen LogP contribution in [0.5, 0.6) is 0 Å². The smallest absolute Gasteiger partial charge is 0.230 e. The van der Waals surface area contributed by atoms with E-state index in [2.05, 4.69) is 27.5 Å². The summed E-state index contributed by atoms with van der Waals surface area (Å²) in [7, 11) is 0. The van der Waals surface area contributed by atoms with Crippen molar-refractivity contribution in [1.29, 1.82) is 0 Å². The molecule has 6 heteroatoms. The zero-order valence-corrected chi connectivity index (χ0v) is 11.3. The summed E-state index contributed by atoms with van der Waals surface area (Å²) in [6.07, 6.45) is 6.27. The van der Waals surface area contributed by atoms with Crippen LogP contribution in [0.15, 0.2) is 16.8 Å². The molecule has 0 unspecified atom stereocenters. The third kappa shape index (κ3) is 3.20. The van der Waals surface area contributed by atoms with Gasteiger partial charge in [-0.1, -0.05) is 0 Å². The lowest BCUT2D eigenvalue weighted by molar-refractivity contribution is 0.394. The van der Waals surface area contributed by atoms with E-state index in [9.17, 15) is 0 Å². The predicted molar refractivity (Wildman–Crippen MR) is 69.5 cm³/mol. The second-order valence-electron chi connectivity index (χ2n) is 5.33. The maximum absolute atomic E-state index is 5.61. The van der Waals surface area contributed by atoms with Gasteiger partial charge in [0.25, 0.3) is 0 Å². The number of hydrogen-bond donors (Lipinski definition) is 1. The van der Waals surface area contributed by atoms with E-state index in [0.717, 1.165) is 12.4 Å². The monoisotopic (exact) mass is 261 g/mol. The Morgan fingerprint density at radius 3 is 3.00 bits per heavy atom. The van der Waals surface area contributed by atoms with Crippen LogP contribution in [0.4, 0.5) is 0 Å². The average molecular weight is 261 g/mol. The van der Waals surface area contributed by atoms with Crippen molar-refractivity contribution in [3.05, 3.63) is 29.7 Å². The van der Waals surface area contributed by atoms with E-state index in [1.165, 1.54) is 18.4 Å². The van der Waals surface area contributed by atoms with Crippen molar-refractivity contribution in [2.24, 2.45) is 0 Å². The van der Waals surface area contributed by atoms with Gasteiger partial charge in [-0.05, 0) is 32.3 Å². The molecule has 0 saturated heterocycles. The molecule has 1 aliphatic rings. The molecule has 3 rings (SSSR count). The van der Waals surface area contributed by atoms with Crippen LogP contribution in [0, 0.1) is 6.92 Å². The van der Waals surface area contributed by atoms with Crippen LogP contribution in [0.25, 0.3) is 0 Å². The Hall–Kier alpha value is -1.69. The van der Waals surface area contributed by atoms with E-state index < -0.39 is 0 Å². The van der Waals surface area contributed by atoms with Crippen molar-refractivity contribution in [2.45, 2.75) is 51.7 Å². The fourth-order valence-corrected chi connectivity index (χ4v) is 2.01. The maximum Gasteiger partial charge on any atom is 0.230 e. The molecule has 102 valence electrons. The molecule has 1 fully saturated rings. The van der Waals surface area contributed by atoms with Gasteiger partial charge in [0.1, 0.15) is 0 Å². The minimum Gasteiger partial charge on any atom is -0.424 e. The van der Waals surface area contributed by atoms with Crippen LogP contribution in [0.2, 0.25) is 0 Å². The number of rotatable bonds is 6. The molecule has 1 aliphatic carbocycles. The van der Waals surface area contributed by atoms with E-state index in [-0.39, 0.29) is 0 Å². The van der Waals surface area contributed by atoms with Gasteiger partial charge in [-0.15, -0.1) is 10.2 Å². The van der Waals surface area contributed by atoms with Gasteiger partial charge in [-0.2, -0.15) is 5.10 Å². The molecule has 2 aromatic rings. The van der Waals surface area contributed by atoms with Crippen molar-refractivity contribution in [2.75, 3.05) is 0 Å². The van der Waals surface area contributed by atoms with Crippen molar-refractivity contribution >= 4 is 0 Å². The first kappa shape index (κ1) is 12.3. The van der Waals surface area contributed by atoms with Gasteiger partial charge in [0.05, 0.1) is 19.3 Å². The minimum absolute atomic E-state index is 0.301. The molecule has 2 heterocycles. The van der Waals surface area contributed by atoms with Crippen LogP contribution in [0.3, 0.4) is 0 Å². The van der Waals surface area contributed by atoms with E-state index in [4.69, 9.17) is 4.42 Å². The standard InChI is InChI=1S/C13H19N5O/c1-9-5-15-18(7-9)8-10(2)14-6-12-16-17-13(19-12)11-3-4-11/h5,7,10-11,14H,3-4,6,8H2,1-2H3/t10-/m0/s1. The Bertz CT molecular complexity index is 543. The Balaban J connectivity index is 1.47. The quantitative estimate of drug-likeness (QED) is 0.856. The molecule has 1 N–H and O–H groups in total. The third-order valence-electron chi connectivity index (χ3n) is 3.23. The number of hydrogen-bond acceptors (Lipinski definition) is 5. The summed E-state index contributed by atoms with van der Waals surface area (Å²) in [6.45, 7) is 5.60. The van der Waals surface area contributed by atoms with Crippen molar-refractivity contribution in [3.63, 3.8) is 0 Å². The first-order valence-electron chi connectivity index (χ1n) is 6.75. The zero-order valence-electron chi connectivity index (χ0n) is 11.3. The second-order valence-corrected chi connectivity index (χ2v) is 5.33. The van der Waals surface area contributed by atoms with Gasteiger partial charge in [-0.3, -0.25) is 4.68 Å². The molecule has 1 atom stereocenters. The normalized spacial score (nSPS) is 16.7. The molecule has 0 bridgehead atoms. The maximum atomic E-state index is 5.61. The summed E-state index contributed by atoms with van der Waals surface area (Å²) < 4.78 is 7.55. The summed E-state index contributed by atoms with van der Waals surface area (Å²) in [5.74, 6) is 1.99. The summed E-state index contributed by atoms with van der Waals surface area (Å²) in [6, 6.07) is 0.301. The number of nitrogens with one attached hydrogen (secondary N) is 1. The Morgan fingerprint density at radius 2 is 2.32 bits per heavy atom. The zero-order chi connectivity index (χ0) is 13.2. The SMILES string of the molecule is Cc1cnn(C[C@H](C)NCc2nnc(C3CC3)o2)c1. The van der Waals surface area contributed by atoms with Gasteiger partial charge in [0.2, 0.25) is 11.8 Å². The third-order valence-corrected chi connectivity index (χ3v) is 3.23. The molecule has 0 spiro atoms. The lowest BCUT2D eigenvalue weighted by atomic mass is 10.3. The molecular weight excluding hydrogens is 242 g/mol. The number of aromatic nitrogens is 4. The summed E-state index contributed by atoms with van der Waals surface area (Å²) in [4.78, 5) is 0. The summed E-state index contributed by atoms with van der Waals surface area (Å²) >= 11 is 0. The molecule has 0 amide bonds. The van der Waals surface area contributed by atoms with Gasteiger partial charge in [0, 0.05) is 18.2 Å². The molecule has 2 aromatic heterocycles. The molecule has 1 saturated carbocycles. The first-order chi connectivity index (χ1) is 9.20. The first-order valence-corrected chi connectivity index (χ1v) is 6.75.